The van der Waals surface area contributed by atoms with E-state index in [1.807, 2.05) is 24.3 Å². The number of hydrogen-bond acceptors (Lipinski definition) is 0. The Bertz CT molecular complexity index is 1430. The molecule has 0 fully saturated rings. The first kappa shape index (κ1) is 30.9. The smallest absolute Gasteiger partial charge is 0.0474 e. The Labute approximate surface area is 254 Å². The molecular formula is C35H38Cl2Hf. The first-order valence-corrected chi connectivity index (χ1v) is 15.6. The minimum atomic E-state index is 0.203. The second kappa shape index (κ2) is 12.7. The van der Waals surface area contributed by atoms with Crippen LogP contribution in [0.1, 0.15) is 78.5 Å². The van der Waals surface area contributed by atoms with Gasteiger partial charge >= 0.3 is 41.0 Å². The number of hydrogen-bond donors (Lipinski definition) is 0. The number of fused-ring (bicyclic) bond motifs is 3. The Morgan fingerprint density at radius 3 is 1.74 bits per heavy atom. The normalized spacial score (nSPS) is 13.1. The van der Waals surface area contributed by atoms with Crippen LogP contribution in [0.5, 0.6) is 0 Å². The third kappa shape index (κ3) is 7.93. The summed E-state index contributed by atoms with van der Waals surface area (Å²) in [4.78, 5) is 0. The van der Waals surface area contributed by atoms with Crippen LogP contribution in [0.15, 0.2) is 72.8 Å². The molecule has 1 aliphatic rings. The molecule has 0 aliphatic heterocycles. The van der Waals surface area contributed by atoms with E-state index in [0.717, 1.165) is 17.6 Å². The second-order valence-corrected chi connectivity index (χ2v) is 16.4. The predicted octanol–water partition coefficient (Wildman–Crippen LogP) is 11.2. The van der Waals surface area contributed by atoms with Crippen molar-refractivity contribution >= 4 is 53.6 Å². The van der Waals surface area contributed by atoms with Crippen LogP contribution in [-0.2, 0) is 34.7 Å². The predicted molar refractivity (Wildman–Crippen MR) is 168 cm³/mol. The van der Waals surface area contributed by atoms with Crippen molar-refractivity contribution in [2.45, 2.75) is 72.6 Å². The van der Waals surface area contributed by atoms with Gasteiger partial charge in [-0.15, -0.1) is 57.4 Å². The molecule has 0 spiro atoms. The van der Waals surface area contributed by atoms with E-state index in [1.165, 1.54) is 56.6 Å². The van der Waals surface area contributed by atoms with Crippen molar-refractivity contribution < 1.29 is 23.9 Å². The second-order valence-electron chi connectivity index (χ2n) is 12.0. The quantitative estimate of drug-likeness (QED) is 0.136. The SMILES string of the molecule is CC(C)(C)c1ccc2c(c1)[cH-]c1cc(C(C)(C)C)ccc12.C[C](C)=[Hf+2].Clc1cccc(C2=[C-]CC=C2)c1Cl. The van der Waals surface area contributed by atoms with E-state index in [1.54, 1.807) is 9.32 Å². The summed E-state index contributed by atoms with van der Waals surface area (Å²) in [6, 6.07) is 21.8. The fourth-order valence-electron chi connectivity index (χ4n) is 4.26. The van der Waals surface area contributed by atoms with Gasteiger partial charge in [0.15, 0.2) is 0 Å². The molecule has 4 aromatic rings. The third-order valence-electron chi connectivity index (χ3n) is 6.37. The largest absolute Gasteiger partial charge is 0.197 e. The summed E-state index contributed by atoms with van der Waals surface area (Å²) < 4.78 is 1.56. The topological polar surface area (TPSA) is 0 Å². The van der Waals surface area contributed by atoms with E-state index in [-0.39, 0.29) is 10.8 Å². The van der Waals surface area contributed by atoms with E-state index in [4.69, 9.17) is 23.2 Å². The Hall–Kier alpha value is -1.67. The Morgan fingerprint density at radius 1 is 0.816 bits per heavy atom. The van der Waals surface area contributed by atoms with Gasteiger partial charge in [-0.25, -0.2) is 0 Å². The minimum absolute atomic E-state index is 0.203. The molecule has 0 unspecified atom stereocenters. The average molecular weight is 708 g/mol. The number of allylic oxidation sites excluding steroid dienone is 4. The van der Waals surface area contributed by atoms with Crippen LogP contribution in [-0.4, -0.2) is 3.26 Å². The monoisotopic (exact) mass is 708 g/mol. The molecule has 0 saturated carbocycles. The average Bonchev–Trinajstić information content (AvgIpc) is 3.47. The minimum Gasteiger partial charge on any atom is -0.197 e. The van der Waals surface area contributed by atoms with Gasteiger partial charge in [0.25, 0.3) is 0 Å². The van der Waals surface area contributed by atoms with Gasteiger partial charge in [-0.2, -0.15) is 17.7 Å². The van der Waals surface area contributed by atoms with Crippen molar-refractivity contribution in [1.29, 1.82) is 0 Å². The summed E-state index contributed by atoms with van der Waals surface area (Å²) in [5.74, 6) is 0. The Balaban J connectivity index is 0.000000200. The summed E-state index contributed by atoms with van der Waals surface area (Å²) in [7, 11) is 0. The molecule has 0 nitrogen and oxygen atoms in total. The molecule has 0 atom stereocenters. The molecule has 4 aromatic carbocycles. The zero-order valence-electron chi connectivity index (χ0n) is 23.9. The van der Waals surface area contributed by atoms with Crippen molar-refractivity contribution in [1.82, 2.24) is 0 Å². The molecule has 1 aliphatic carbocycles. The van der Waals surface area contributed by atoms with E-state index in [0.29, 0.717) is 10.0 Å². The molecule has 0 saturated heterocycles. The Morgan fingerprint density at radius 2 is 1.32 bits per heavy atom. The number of rotatable bonds is 1. The van der Waals surface area contributed by atoms with Crippen LogP contribution >= 0.6 is 23.2 Å². The van der Waals surface area contributed by atoms with Gasteiger partial charge in [-0.05, 0) is 16.9 Å². The van der Waals surface area contributed by atoms with Crippen LogP contribution in [0.25, 0.3) is 27.1 Å². The van der Waals surface area contributed by atoms with Crippen LogP contribution in [0.3, 0.4) is 0 Å². The number of halogens is 2. The summed E-state index contributed by atoms with van der Waals surface area (Å²) in [5.41, 5.74) is 5.21. The van der Waals surface area contributed by atoms with Crippen LogP contribution in [0.2, 0.25) is 10.0 Å². The van der Waals surface area contributed by atoms with E-state index >= 15 is 0 Å². The van der Waals surface area contributed by atoms with Crippen molar-refractivity contribution in [2.75, 3.05) is 0 Å². The van der Waals surface area contributed by atoms with Crippen LogP contribution in [0.4, 0.5) is 0 Å². The van der Waals surface area contributed by atoms with E-state index < -0.39 is 0 Å². The first-order valence-electron chi connectivity index (χ1n) is 13.1. The molecule has 0 N–H and O–H groups in total. The van der Waals surface area contributed by atoms with Crippen molar-refractivity contribution in [3.63, 3.8) is 0 Å². The van der Waals surface area contributed by atoms with Gasteiger partial charge in [-0.1, -0.05) is 113 Å². The number of benzene rings is 3. The zero-order chi connectivity index (χ0) is 28.3. The summed E-state index contributed by atoms with van der Waals surface area (Å²) in [6.45, 7) is 17.9. The molecule has 38 heavy (non-hydrogen) atoms. The van der Waals surface area contributed by atoms with Crippen LogP contribution < -0.4 is 0 Å². The fraction of sp³-hybridized carbons (Fsp3) is 0.314. The molecule has 196 valence electrons. The summed E-state index contributed by atoms with van der Waals surface area (Å²) >= 11 is 13.2. The summed E-state index contributed by atoms with van der Waals surface area (Å²) in [5, 5.41) is 6.68. The molecule has 0 heterocycles. The Kier molecular flexibility index (Phi) is 10.3. The van der Waals surface area contributed by atoms with Crippen molar-refractivity contribution in [3.05, 3.63) is 106 Å². The first-order chi connectivity index (χ1) is 17.7. The van der Waals surface area contributed by atoms with Gasteiger partial charge in [-0.3, -0.25) is 0 Å². The summed E-state index contributed by atoms with van der Waals surface area (Å²) in [6.07, 6.45) is 8.12. The fourth-order valence-corrected chi connectivity index (χ4v) is 4.66. The van der Waals surface area contributed by atoms with Crippen LogP contribution in [0, 0.1) is 6.08 Å². The molecule has 0 bridgehead atoms. The van der Waals surface area contributed by atoms with Crippen molar-refractivity contribution in [2.24, 2.45) is 0 Å². The van der Waals surface area contributed by atoms with Crippen molar-refractivity contribution in [3.8, 4) is 0 Å². The van der Waals surface area contributed by atoms with Gasteiger partial charge < -0.3 is 0 Å². The molecule has 0 radical (unpaired) electrons. The van der Waals surface area contributed by atoms with Gasteiger partial charge in [0.05, 0.1) is 0 Å². The standard InChI is InChI=1S/C21H25.C11H7Cl2.C3H6.Hf/c1-20(2,3)16-7-9-18-14(12-16)11-15-13-17(21(4,5)6)8-10-19(15)18;12-10-7-3-6-9(11(10)13)8-4-1-2-5-8;1-3-2;/h7-13H,1-6H3;1,3-4,6-7H,2H2;1-2H3;/q2*-1;;+2. The zero-order valence-corrected chi connectivity index (χ0v) is 29.0. The molecular weight excluding hydrogens is 670 g/mol. The molecule has 3 heteroatoms. The molecule has 0 aromatic heterocycles. The van der Waals surface area contributed by atoms with E-state index in [9.17, 15) is 0 Å². The third-order valence-corrected chi connectivity index (χ3v) is 7.19. The van der Waals surface area contributed by atoms with Gasteiger partial charge in [0.1, 0.15) is 0 Å². The molecule has 5 rings (SSSR count). The maximum Gasteiger partial charge on any atom is 0.0474 e. The maximum absolute atomic E-state index is 6.05. The van der Waals surface area contributed by atoms with E-state index in [2.05, 4.69) is 104 Å². The van der Waals surface area contributed by atoms with Gasteiger partial charge in [0, 0.05) is 10.0 Å². The molecule has 0 amide bonds. The maximum atomic E-state index is 6.05. The van der Waals surface area contributed by atoms with Gasteiger partial charge in [0.2, 0.25) is 0 Å².